The second-order valence-electron chi connectivity index (χ2n) is 35.5. The molecule has 0 N–H and O–H groups in total. The molecule has 0 bridgehead atoms. The summed E-state index contributed by atoms with van der Waals surface area (Å²) < 4.78 is 37.8. The molecule has 0 aliphatic heterocycles. The highest BCUT2D eigenvalue weighted by Crippen LogP contribution is 2.40. The molecule has 0 amide bonds. The maximum Gasteiger partial charge on any atom is 0.394 e. The van der Waals surface area contributed by atoms with Gasteiger partial charge in [-0.3, -0.25) is 0 Å². The summed E-state index contributed by atoms with van der Waals surface area (Å²) in [6.07, 6.45) is 2.09. The van der Waals surface area contributed by atoms with E-state index in [1.807, 2.05) is 37.3 Å². The maximum absolute atomic E-state index is 12.6. The summed E-state index contributed by atoms with van der Waals surface area (Å²) in [5, 5.41) is 0. The highest BCUT2D eigenvalue weighted by atomic mass is 28.3. The lowest BCUT2D eigenvalue weighted by Gasteiger charge is -2.27. The lowest BCUT2D eigenvalue weighted by molar-refractivity contribution is -0.211. The first kappa shape index (κ1) is 101. The zero-order chi connectivity index (χ0) is 78.5. The van der Waals surface area contributed by atoms with E-state index in [0.717, 1.165) is 23.5 Å². The molecule has 7 aromatic rings. The van der Waals surface area contributed by atoms with Crippen molar-refractivity contribution in [3.63, 3.8) is 0 Å². The number of halogens is 3. The van der Waals surface area contributed by atoms with Crippen molar-refractivity contribution in [3.8, 4) is 0 Å². The monoisotopic (exact) mass is 1410 g/mol. The highest BCUT2D eigenvalue weighted by molar-refractivity contribution is 6.78. The number of hydrogen-bond donors (Lipinski definition) is 0. The van der Waals surface area contributed by atoms with Crippen LogP contribution in [0.25, 0.3) is 0 Å². The molecule has 7 aromatic carbocycles. The van der Waals surface area contributed by atoms with E-state index in [9.17, 15) is 13.2 Å². The fourth-order valence-electron chi connectivity index (χ4n) is 8.01. The first-order valence-electron chi connectivity index (χ1n) is 38.0. The molecule has 566 valence electrons. The Balaban J connectivity index is -0.000000513. The normalized spacial score (nSPS) is 11.3. The molecule has 0 fully saturated rings. The van der Waals surface area contributed by atoms with Crippen molar-refractivity contribution in [1.82, 2.24) is 0 Å². The van der Waals surface area contributed by atoms with Crippen LogP contribution in [0.1, 0.15) is 257 Å². The topological polar surface area (TPSA) is 0 Å². The van der Waals surface area contributed by atoms with Crippen molar-refractivity contribution < 1.29 is 13.2 Å². The van der Waals surface area contributed by atoms with Crippen LogP contribution in [-0.2, 0) is 24.7 Å². The fraction of sp³-hybridized carbons (Fsp3) is 0.558. The minimum absolute atomic E-state index is 0.0246. The van der Waals surface area contributed by atoms with Crippen LogP contribution in [0.3, 0.4) is 0 Å². The second-order valence-corrected chi connectivity index (χ2v) is 47.2. The molecule has 5 heteroatoms. The number of hydrogen-bond acceptors (Lipinski definition) is 0. The lowest BCUT2D eigenvalue weighted by atomic mass is 9.85. The van der Waals surface area contributed by atoms with Crippen molar-refractivity contribution in [2.75, 3.05) is 0 Å². The van der Waals surface area contributed by atoms with E-state index in [0.29, 0.717) is 22.2 Å². The Bertz CT molecular complexity index is 2980. The molecular formula is C95H157F3Si2. The van der Waals surface area contributed by atoms with E-state index in [1.54, 1.807) is 12.1 Å². The van der Waals surface area contributed by atoms with Gasteiger partial charge in [0.1, 0.15) is 0 Å². The van der Waals surface area contributed by atoms with E-state index >= 15 is 0 Å². The largest absolute Gasteiger partial charge is 0.394 e. The SMILES string of the molecule is CCC(C)(C)C.CCC(C)(C)CC.CC[Si](C)(CC)CC.C[Si](C)(C)C.Cc1ccc(C(C)(C)C)cc1.Cc1ccc(C(C)C)cc1.Cc1ccc(C)cc1.Cc1ccc(CC(C)(C)C(F)(F)F)cc1.Cc1ccc(CC(C)(C)C)cc1.Cc1ccc(CC(C)C)cc1.Cc1ccccc1. The van der Waals surface area contributed by atoms with Crippen LogP contribution >= 0.6 is 0 Å². The third-order valence-corrected chi connectivity index (χ3v) is 22.6. The average Bonchev–Trinajstić information content (AvgIpc) is 0.830. The summed E-state index contributed by atoms with van der Waals surface area (Å²) in [6.45, 7) is 78.4. The molecule has 0 saturated carbocycles. The Morgan fingerprint density at radius 3 is 0.790 bits per heavy atom. The minimum Gasteiger partial charge on any atom is -0.171 e. The van der Waals surface area contributed by atoms with Crippen molar-refractivity contribution in [1.29, 1.82) is 0 Å². The molecular weight excluding hydrogens is 1250 g/mol. The van der Waals surface area contributed by atoms with Gasteiger partial charge in [0.2, 0.25) is 0 Å². The fourth-order valence-corrected chi connectivity index (χ4v) is 9.51. The van der Waals surface area contributed by atoms with E-state index in [-0.39, 0.29) is 11.8 Å². The number of benzene rings is 7. The summed E-state index contributed by atoms with van der Waals surface area (Å²) in [4.78, 5) is 0. The molecule has 7 rings (SSSR count). The summed E-state index contributed by atoms with van der Waals surface area (Å²) >= 11 is 0. The lowest BCUT2D eigenvalue weighted by Crippen LogP contribution is -2.34. The predicted octanol–water partition coefficient (Wildman–Crippen LogP) is 32.0. The summed E-state index contributed by atoms with van der Waals surface area (Å²) in [7, 11) is -1.28. The molecule has 0 unspecified atom stereocenters. The molecule has 100 heavy (non-hydrogen) atoms. The third-order valence-electron chi connectivity index (χ3n) is 17.5. The first-order valence-corrected chi connectivity index (χ1v) is 45.2. The standard InChI is InChI=1S/C12H15F3.C12H18.2C11H16.C10H14.C8H10.C7H18Si.C7H8.C7H16.C6H14.C4H12Si/c1-9-4-6-10(7-5-9)8-11(2,3)12(13,14)15;1-10-5-7-11(8-6-10)9-12(2,3)4;1-9-5-7-10(8-6-9)11(2,3)4;1-9(2)8-11-6-4-10(3)5-7-11;1-8(2)10-6-4-9(3)5-7-10;1-7-3-5-8(2)6-4-7;1-5-8(4,6-2)7-3;1-7-5-3-2-4-6-7;1-5-7(3,4)6-2;1-5-6(2,3)4;1-5(2,3)4/h4-7H,8H2,1-3H3;5-8H,9H2,1-4H3;5-8H,1-4H3;4-7,9H,8H2,1-3H3;4-8H,1-3H3;3-6H,1-2H3;5-7H2,1-4H3;2-6H,1H3;5-6H2,1-4H3;5H2,1-4H3;1-4H3. The van der Waals surface area contributed by atoms with Crippen molar-refractivity contribution in [3.05, 3.63) is 248 Å². The van der Waals surface area contributed by atoms with Crippen LogP contribution in [0.5, 0.6) is 0 Å². The van der Waals surface area contributed by atoms with Gasteiger partial charge >= 0.3 is 6.18 Å². The second kappa shape index (κ2) is 51.0. The Morgan fingerprint density at radius 2 is 0.590 bits per heavy atom. The molecule has 0 atom stereocenters. The van der Waals surface area contributed by atoms with Gasteiger partial charge in [-0.25, -0.2) is 0 Å². The van der Waals surface area contributed by atoms with Gasteiger partial charge in [-0.15, -0.1) is 0 Å². The first-order chi connectivity index (χ1) is 45.6. The van der Waals surface area contributed by atoms with E-state index in [4.69, 9.17) is 0 Å². The van der Waals surface area contributed by atoms with Crippen molar-refractivity contribution in [2.24, 2.45) is 27.6 Å². The summed E-state index contributed by atoms with van der Waals surface area (Å²) in [5.74, 6) is 1.42. The molecule has 0 aliphatic rings. The van der Waals surface area contributed by atoms with Crippen LogP contribution < -0.4 is 0 Å². The molecule has 0 heterocycles. The van der Waals surface area contributed by atoms with Crippen LogP contribution in [0.2, 0.25) is 50.9 Å². The molecule has 0 radical (unpaired) electrons. The Morgan fingerprint density at radius 1 is 0.330 bits per heavy atom. The number of alkyl halides is 3. The maximum atomic E-state index is 12.6. The van der Waals surface area contributed by atoms with Crippen molar-refractivity contribution in [2.45, 2.75) is 322 Å². The Labute approximate surface area is 622 Å². The predicted molar refractivity (Wildman–Crippen MR) is 457 cm³/mol. The summed E-state index contributed by atoms with van der Waals surface area (Å²) in [6, 6.07) is 65.3. The van der Waals surface area contributed by atoms with Gasteiger partial charge in [0.05, 0.1) is 5.41 Å². The minimum atomic E-state index is -4.15. The van der Waals surface area contributed by atoms with Gasteiger partial charge in [0.25, 0.3) is 0 Å². The molecule has 0 spiro atoms. The molecule has 0 aliphatic carbocycles. The van der Waals surface area contributed by atoms with Crippen LogP contribution in [0, 0.1) is 83.0 Å². The number of rotatable bonds is 11. The van der Waals surface area contributed by atoms with Crippen LogP contribution in [0.15, 0.2) is 176 Å². The molecule has 0 aromatic heterocycles. The summed E-state index contributed by atoms with van der Waals surface area (Å²) in [5.41, 5.74) is 17.0. The smallest absolute Gasteiger partial charge is 0.171 e. The third kappa shape index (κ3) is 60.4. The molecule has 0 nitrogen and oxygen atoms in total. The van der Waals surface area contributed by atoms with Gasteiger partial charge in [-0.1, -0.05) is 450 Å². The van der Waals surface area contributed by atoms with E-state index in [1.165, 1.54) is 119 Å². The van der Waals surface area contributed by atoms with Gasteiger partial charge < -0.3 is 0 Å². The molecule has 0 saturated heterocycles. The van der Waals surface area contributed by atoms with Gasteiger partial charge in [-0.05, 0) is 136 Å². The van der Waals surface area contributed by atoms with Crippen molar-refractivity contribution >= 4 is 16.1 Å². The Kier molecular flexibility index (Phi) is 51.6. The quantitative estimate of drug-likeness (QED) is 0.113. The average molecular weight is 1410 g/mol. The van der Waals surface area contributed by atoms with E-state index in [2.05, 4.69) is 360 Å². The number of aryl methyl sites for hydroxylation is 8. The zero-order valence-corrected chi connectivity index (χ0v) is 73.9. The highest BCUT2D eigenvalue weighted by Gasteiger charge is 2.47. The van der Waals surface area contributed by atoms with Crippen LogP contribution in [-0.4, -0.2) is 22.3 Å². The Hall–Kier alpha value is -5.24. The van der Waals surface area contributed by atoms with Gasteiger partial charge in [0, 0.05) is 16.1 Å². The van der Waals surface area contributed by atoms with Gasteiger partial charge in [-0.2, -0.15) is 13.2 Å². The van der Waals surface area contributed by atoms with Gasteiger partial charge in [0.15, 0.2) is 0 Å². The van der Waals surface area contributed by atoms with Crippen LogP contribution in [0.4, 0.5) is 13.2 Å². The van der Waals surface area contributed by atoms with E-state index < -0.39 is 27.7 Å². The zero-order valence-electron chi connectivity index (χ0n) is 71.9.